The summed E-state index contributed by atoms with van der Waals surface area (Å²) in [6, 6.07) is 0. The van der Waals surface area contributed by atoms with Gasteiger partial charge in [-0.05, 0) is 48.8 Å². The van der Waals surface area contributed by atoms with E-state index in [1.807, 2.05) is 19.9 Å². The molecule has 0 spiro atoms. The molecular formula is C21H25ClO5. The van der Waals surface area contributed by atoms with Crippen molar-refractivity contribution in [1.29, 1.82) is 0 Å². The number of aliphatic hydroxyl groups is 2. The third-order valence-corrected chi connectivity index (χ3v) is 8.41. The number of allylic oxidation sites excluding steroid dienone is 4. The van der Waals surface area contributed by atoms with Crippen molar-refractivity contribution in [3.63, 3.8) is 0 Å². The zero-order valence-corrected chi connectivity index (χ0v) is 16.3. The monoisotopic (exact) mass is 392 g/mol. The SMILES string of the molecule is C[C@]12C=CC(=O)C=C1C(Cl)C[C@@H]1[C@@H]2C(=O)C[C@@]2(C)[C@H]1CC[C@]2(O)C(=O)CO. The molecule has 0 radical (unpaired) electrons. The van der Waals surface area contributed by atoms with Crippen molar-refractivity contribution >= 4 is 29.0 Å². The Bertz CT molecular complexity index is 800. The van der Waals surface area contributed by atoms with Gasteiger partial charge in [-0.1, -0.05) is 19.9 Å². The molecule has 0 aromatic heterocycles. The molecule has 0 amide bonds. The zero-order valence-electron chi connectivity index (χ0n) is 15.6. The van der Waals surface area contributed by atoms with E-state index in [4.69, 9.17) is 11.6 Å². The minimum atomic E-state index is -1.68. The van der Waals surface area contributed by atoms with Crippen LogP contribution in [0.15, 0.2) is 23.8 Å². The van der Waals surface area contributed by atoms with Gasteiger partial charge in [-0.3, -0.25) is 14.4 Å². The number of hydrogen-bond donors (Lipinski definition) is 2. The molecular weight excluding hydrogens is 368 g/mol. The van der Waals surface area contributed by atoms with Gasteiger partial charge in [0, 0.05) is 23.2 Å². The van der Waals surface area contributed by atoms with Crippen LogP contribution in [0.2, 0.25) is 0 Å². The summed E-state index contributed by atoms with van der Waals surface area (Å²) in [5, 5.41) is 20.2. The Hall–Kier alpha value is -1.30. The minimum Gasteiger partial charge on any atom is -0.388 e. The van der Waals surface area contributed by atoms with Crippen LogP contribution in [-0.2, 0) is 14.4 Å². The van der Waals surface area contributed by atoms with Crippen LogP contribution in [-0.4, -0.2) is 45.1 Å². The van der Waals surface area contributed by atoms with E-state index in [-0.39, 0.29) is 47.5 Å². The second-order valence-electron chi connectivity index (χ2n) is 9.11. The van der Waals surface area contributed by atoms with Gasteiger partial charge in [-0.25, -0.2) is 0 Å². The standard InChI is InChI=1S/C21H25ClO5/c1-19-5-3-11(24)7-14(19)15(22)8-12-13-4-6-21(27,17(26)10-23)20(13,2)9-16(25)18(12)19/h3,5,7,12-13,15,18,23,27H,4,6,8-10H2,1-2H3/t12-,13-,15?,18+,19-,20-,21-/m0/s1. The third-order valence-electron chi connectivity index (χ3n) is 7.99. The molecule has 4 aliphatic carbocycles. The number of hydrogen-bond acceptors (Lipinski definition) is 5. The molecule has 146 valence electrons. The van der Waals surface area contributed by atoms with Crippen LogP contribution in [0.1, 0.15) is 39.5 Å². The molecule has 0 aromatic rings. The lowest BCUT2D eigenvalue weighted by molar-refractivity contribution is -0.168. The number of rotatable bonds is 2. The average Bonchev–Trinajstić information content (AvgIpc) is 2.87. The van der Waals surface area contributed by atoms with Gasteiger partial charge in [0.1, 0.15) is 18.0 Å². The van der Waals surface area contributed by atoms with E-state index >= 15 is 0 Å². The molecule has 3 fully saturated rings. The minimum absolute atomic E-state index is 0.000723. The number of Topliss-reactive ketones (excluding diaryl/α,β-unsaturated/α-hetero) is 2. The lowest BCUT2D eigenvalue weighted by Crippen LogP contribution is -2.61. The predicted molar refractivity (Wildman–Crippen MR) is 99.1 cm³/mol. The van der Waals surface area contributed by atoms with E-state index in [2.05, 4.69) is 0 Å². The van der Waals surface area contributed by atoms with Crippen LogP contribution in [0.5, 0.6) is 0 Å². The van der Waals surface area contributed by atoms with E-state index in [9.17, 15) is 24.6 Å². The molecule has 0 heterocycles. The van der Waals surface area contributed by atoms with Gasteiger partial charge in [-0.2, -0.15) is 0 Å². The fourth-order valence-electron chi connectivity index (χ4n) is 6.64. The number of ketones is 3. The van der Waals surface area contributed by atoms with Crippen LogP contribution in [0.3, 0.4) is 0 Å². The highest BCUT2D eigenvalue weighted by Crippen LogP contribution is 2.66. The van der Waals surface area contributed by atoms with Gasteiger partial charge >= 0.3 is 0 Å². The molecule has 3 saturated carbocycles. The maximum atomic E-state index is 13.3. The second kappa shape index (κ2) is 5.85. The Morgan fingerprint density at radius 1 is 1.33 bits per heavy atom. The predicted octanol–water partition coefficient (Wildman–Crippen LogP) is 1.98. The summed E-state index contributed by atoms with van der Waals surface area (Å²) in [4.78, 5) is 37.6. The number of alkyl halides is 1. The molecule has 4 rings (SSSR count). The van der Waals surface area contributed by atoms with E-state index in [0.29, 0.717) is 12.8 Å². The second-order valence-corrected chi connectivity index (χ2v) is 9.64. The number of halogens is 1. The van der Waals surface area contributed by atoms with E-state index < -0.39 is 28.8 Å². The van der Waals surface area contributed by atoms with Gasteiger partial charge in [0.2, 0.25) is 0 Å². The first kappa shape index (κ1) is 19.0. The van der Waals surface area contributed by atoms with Gasteiger partial charge in [0.25, 0.3) is 0 Å². The molecule has 0 saturated heterocycles. The molecule has 7 atom stereocenters. The molecule has 0 aromatic carbocycles. The highest BCUT2D eigenvalue weighted by Gasteiger charge is 2.68. The van der Waals surface area contributed by atoms with Crippen molar-refractivity contribution in [2.24, 2.45) is 28.6 Å². The topological polar surface area (TPSA) is 91.7 Å². The molecule has 6 heteroatoms. The fraction of sp³-hybridized carbons (Fsp3) is 0.667. The molecule has 2 N–H and O–H groups in total. The Labute approximate surface area is 163 Å². The normalized spacial score (nSPS) is 48.6. The lowest BCUT2D eigenvalue weighted by atomic mass is 9.46. The molecule has 5 nitrogen and oxygen atoms in total. The van der Waals surface area contributed by atoms with Crippen LogP contribution in [0.4, 0.5) is 0 Å². The number of carbonyl (C=O) groups is 3. The van der Waals surface area contributed by atoms with Gasteiger partial charge in [0.05, 0.1) is 5.38 Å². The van der Waals surface area contributed by atoms with E-state index in [0.717, 1.165) is 5.57 Å². The van der Waals surface area contributed by atoms with Crippen molar-refractivity contribution in [2.45, 2.75) is 50.5 Å². The van der Waals surface area contributed by atoms with Crippen molar-refractivity contribution in [2.75, 3.05) is 6.61 Å². The summed E-state index contributed by atoms with van der Waals surface area (Å²) in [7, 11) is 0. The smallest absolute Gasteiger partial charge is 0.190 e. The molecule has 1 unspecified atom stereocenters. The van der Waals surface area contributed by atoms with E-state index in [1.165, 1.54) is 6.08 Å². The summed E-state index contributed by atoms with van der Waals surface area (Å²) in [5.74, 6) is -1.13. The third kappa shape index (κ3) is 2.28. The summed E-state index contributed by atoms with van der Waals surface area (Å²) in [5.41, 5.74) is -2.38. The summed E-state index contributed by atoms with van der Waals surface area (Å²) < 4.78 is 0. The highest BCUT2D eigenvalue weighted by molar-refractivity contribution is 6.23. The summed E-state index contributed by atoms with van der Waals surface area (Å²) >= 11 is 6.67. The average molecular weight is 393 g/mol. The summed E-state index contributed by atoms with van der Waals surface area (Å²) in [6.07, 6.45) is 6.41. The lowest BCUT2D eigenvalue weighted by Gasteiger charge is -2.57. The first-order chi connectivity index (χ1) is 12.6. The van der Waals surface area contributed by atoms with Gasteiger partial charge in [-0.15, -0.1) is 11.6 Å². The quantitative estimate of drug-likeness (QED) is 0.701. The summed E-state index contributed by atoms with van der Waals surface area (Å²) in [6.45, 7) is 3.05. The van der Waals surface area contributed by atoms with E-state index in [1.54, 1.807) is 6.08 Å². The number of fused-ring (bicyclic) bond motifs is 5. The van der Waals surface area contributed by atoms with Crippen molar-refractivity contribution < 1.29 is 24.6 Å². The Morgan fingerprint density at radius 2 is 2.04 bits per heavy atom. The molecule has 4 aliphatic rings. The van der Waals surface area contributed by atoms with Crippen LogP contribution < -0.4 is 0 Å². The largest absolute Gasteiger partial charge is 0.388 e. The fourth-order valence-corrected chi connectivity index (χ4v) is 7.14. The maximum Gasteiger partial charge on any atom is 0.190 e. The molecule has 0 aliphatic heterocycles. The van der Waals surface area contributed by atoms with Crippen LogP contribution in [0, 0.1) is 28.6 Å². The molecule has 0 bridgehead atoms. The Balaban J connectivity index is 1.79. The zero-order chi connectivity index (χ0) is 19.8. The number of carbonyl (C=O) groups excluding carboxylic acids is 3. The highest BCUT2D eigenvalue weighted by atomic mass is 35.5. The molecule has 27 heavy (non-hydrogen) atoms. The maximum absolute atomic E-state index is 13.3. The van der Waals surface area contributed by atoms with Crippen molar-refractivity contribution in [3.8, 4) is 0 Å². The first-order valence-corrected chi connectivity index (χ1v) is 10.0. The van der Waals surface area contributed by atoms with Crippen LogP contribution in [0.25, 0.3) is 0 Å². The van der Waals surface area contributed by atoms with Crippen molar-refractivity contribution in [3.05, 3.63) is 23.8 Å². The van der Waals surface area contributed by atoms with Gasteiger partial charge in [0.15, 0.2) is 11.6 Å². The Kier molecular flexibility index (Phi) is 4.12. The number of aliphatic hydroxyl groups excluding tert-OH is 1. The van der Waals surface area contributed by atoms with Crippen LogP contribution >= 0.6 is 11.6 Å². The Morgan fingerprint density at radius 3 is 2.70 bits per heavy atom. The van der Waals surface area contributed by atoms with Crippen molar-refractivity contribution in [1.82, 2.24) is 0 Å². The first-order valence-electron chi connectivity index (χ1n) is 9.57. The van der Waals surface area contributed by atoms with Gasteiger partial charge < -0.3 is 10.2 Å².